The SMILES string of the molecule is CC(C)(C)C(NC(=O)CNC(=O)CN)c1ccccc1. The van der Waals surface area contributed by atoms with Crippen molar-refractivity contribution in [2.45, 2.75) is 26.8 Å². The summed E-state index contributed by atoms with van der Waals surface area (Å²) >= 11 is 0. The van der Waals surface area contributed by atoms with Gasteiger partial charge in [-0.2, -0.15) is 0 Å². The minimum absolute atomic E-state index is 0.0601. The number of carbonyl (C=O) groups excluding carboxylic acids is 2. The summed E-state index contributed by atoms with van der Waals surface area (Å²) in [5.41, 5.74) is 6.09. The van der Waals surface area contributed by atoms with Crippen molar-refractivity contribution in [1.29, 1.82) is 0 Å². The first-order chi connectivity index (χ1) is 9.34. The Balaban J connectivity index is 2.72. The first kappa shape index (κ1) is 16.2. The summed E-state index contributed by atoms with van der Waals surface area (Å²) < 4.78 is 0. The van der Waals surface area contributed by atoms with Crippen LogP contribution in [0.15, 0.2) is 30.3 Å². The van der Waals surface area contributed by atoms with E-state index in [0.717, 1.165) is 5.56 Å². The normalized spacial score (nSPS) is 12.6. The van der Waals surface area contributed by atoms with Crippen molar-refractivity contribution in [3.05, 3.63) is 35.9 Å². The molecular weight excluding hydrogens is 254 g/mol. The number of hydrogen-bond acceptors (Lipinski definition) is 3. The van der Waals surface area contributed by atoms with Gasteiger partial charge in [0.1, 0.15) is 0 Å². The molecule has 0 saturated carbocycles. The molecule has 2 amide bonds. The molecule has 110 valence electrons. The van der Waals surface area contributed by atoms with E-state index >= 15 is 0 Å². The summed E-state index contributed by atoms with van der Waals surface area (Å²) in [5, 5.41) is 5.42. The minimum Gasteiger partial charge on any atom is -0.347 e. The molecule has 20 heavy (non-hydrogen) atoms. The number of rotatable bonds is 5. The van der Waals surface area contributed by atoms with E-state index in [0.29, 0.717) is 0 Å². The molecule has 1 unspecified atom stereocenters. The van der Waals surface area contributed by atoms with Crippen LogP contribution < -0.4 is 16.4 Å². The third-order valence-electron chi connectivity index (χ3n) is 2.94. The van der Waals surface area contributed by atoms with Gasteiger partial charge in [-0.3, -0.25) is 9.59 Å². The number of hydrogen-bond donors (Lipinski definition) is 3. The number of amides is 2. The van der Waals surface area contributed by atoms with E-state index in [1.165, 1.54) is 0 Å². The minimum atomic E-state index is -0.341. The van der Waals surface area contributed by atoms with Crippen LogP contribution in [0, 0.1) is 5.41 Å². The van der Waals surface area contributed by atoms with Crippen LogP contribution in [0.3, 0.4) is 0 Å². The lowest BCUT2D eigenvalue weighted by Crippen LogP contribution is -2.43. The molecule has 0 saturated heterocycles. The Hall–Kier alpha value is -1.88. The van der Waals surface area contributed by atoms with Gasteiger partial charge in [-0.1, -0.05) is 51.1 Å². The van der Waals surface area contributed by atoms with Crippen LogP contribution in [0.5, 0.6) is 0 Å². The van der Waals surface area contributed by atoms with Gasteiger partial charge < -0.3 is 16.4 Å². The Kier molecular flexibility index (Phi) is 5.70. The molecule has 0 heterocycles. The molecule has 5 nitrogen and oxygen atoms in total. The Bertz CT molecular complexity index is 452. The zero-order valence-electron chi connectivity index (χ0n) is 12.3. The fourth-order valence-corrected chi connectivity index (χ4v) is 1.91. The van der Waals surface area contributed by atoms with Crippen LogP contribution in [0.1, 0.15) is 32.4 Å². The monoisotopic (exact) mass is 277 g/mol. The molecule has 1 aromatic carbocycles. The van der Waals surface area contributed by atoms with Gasteiger partial charge in [0, 0.05) is 0 Å². The smallest absolute Gasteiger partial charge is 0.239 e. The average molecular weight is 277 g/mol. The molecule has 0 aliphatic heterocycles. The number of nitrogens with one attached hydrogen (secondary N) is 2. The number of benzene rings is 1. The summed E-state index contributed by atoms with van der Waals surface area (Å²) in [6, 6.07) is 9.66. The van der Waals surface area contributed by atoms with E-state index in [1.54, 1.807) is 0 Å². The molecule has 1 rings (SSSR count). The second-order valence-electron chi connectivity index (χ2n) is 5.76. The molecule has 4 N–H and O–H groups in total. The first-order valence-electron chi connectivity index (χ1n) is 6.65. The van der Waals surface area contributed by atoms with Crippen molar-refractivity contribution in [1.82, 2.24) is 10.6 Å². The summed E-state index contributed by atoms with van der Waals surface area (Å²) in [5.74, 6) is -0.567. The molecule has 0 radical (unpaired) electrons. The third kappa shape index (κ3) is 5.01. The van der Waals surface area contributed by atoms with E-state index in [-0.39, 0.29) is 36.4 Å². The Morgan fingerprint density at radius 1 is 1.15 bits per heavy atom. The van der Waals surface area contributed by atoms with E-state index in [2.05, 4.69) is 31.4 Å². The lowest BCUT2D eigenvalue weighted by atomic mass is 9.82. The molecule has 5 heteroatoms. The number of nitrogens with two attached hydrogens (primary N) is 1. The van der Waals surface area contributed by atoms with Gasteiger partial charge in [0.05, 0.1) is 19.1 Å². The van der Waals surface area contributed by atoms with Crippen LogP contribution in [-0.4, -0.2) is 24.9 Å². The maximum absolute atomic E-state index is 11.9. The van der Waals surface area contributed by atoms with Crippen LogP contribution in [0.4, 0.5) is 0 Å². The van der Waals surface area contributed by atoms with Gasteiger partial charge in [0.2, 0.25) is 11.8 Å². The van der Waals surface area contributed by atoms with Crippen LogP contribution in [0.2, 0.25) is 0 Å². The molecule has 0 aliphatic carbocycles. The van der Waals surface area contributed by atoms with E-state index in [1.807, 2.05) is 30.3 Å². The molecule has 0 spiro atoms. The quantitative estimate of drug-likeness (QED) is 0.749. The summed E-state index contributed by atoms with van der Waals surface area (Å²) in [4.78, 5) is 23.0. The number of carbonyl (C=O) groups is 2. The highest BCUT2D eigenvalue weighted by Crippen LogP contribution is 2.32. The second-order valence-corrected chi connectivity index (χ2v) is 5.76. The van der Waals surface area contributed by atoms with E-state index < -0.39 is 0 Å². The average Bonchev–Trinajstić information content (AvgIpc) is 2.41. The summed E-state index contributed by atoms with van der Waals surface area (Å²) in [7, 11) is 0. The molecule has 0 bridgehead atoms. The molecule has 1 atom stereocenters. The molecule has 0 fully saturated rings. The standard InChI is InChI=1S/C15H23N3O2/c1-15(2,3)14(11-7-5-4-6-8-11)18-13(20)10-17-12(19)9-16/h4-8,14H,9-10,16H2,1-3H3,(H,17,19)(H,18,20). The van der Waals surface area contributed by atoms with E-state index in [4.69, 9.17) is 5.73 Å². The van der Waals surface area contributed by atoms with Gasteiger partial charge in [0.15, 0.2) is 0 Å². The first-order valence-corrected chi connectivity index (χ1v) is 6.65. The fraction of sp³-hybridized carbons (Fsp3) is 0.467. The Labute approximate surface area is 119 Å². The van der Waals surface area contributed by atoms with Gasteiger partial charge in [-0.15, -0.1) is 0 Å². The zero-order valence-corrected chi connectivity index (χ0v) is 12.3. The van der Waals surface area contributed by atoms with Crippen molar-refractivity contribution >= 4 is 11.8 Å². The van der Waals surface area contributed by atoms with Crippen LogP contribution in [0.25, 0.3) is 0 Å². The van der Waals surface area contributed by atoms with Crippen molar-refractivity contribution in [2.24, 2.45) is 11.1 Å². The van der Waals surface area contributed by atoms with Gasteiger partial charge >= 0.3 is 0 Å². The zero-order chi connectivity index (χ0) is 15.2. The van der Waals surface area contributed by atoms with Crippen LogP contribution in [-0.2, 0) is 9.59 Å². The predicted molar refractivity (Wildman–Crippen MR) is 78.8 cm³/mol. The lowest BCUT2D eigenvalue weighted by Gasteiger charge is -2.32. The van der Waals surface area contributed by atoms with Crippen molar-refractivity contribution < 1.29 is 9.59 Å². The van der Waals surface area contributed by atoms with Crippen molar-refractivity contribution in [3.63, 3.8) is 0 Å². The lowest BCUT2D eigenvalue weighted by molar-refractivity contribution is -0.126. The Morgan fingerprint density at radius 2 is 1.75 bits per heavy atom. The maximum Gasteiger partial charge on any atom is 0.239 e. The van der Waals surface area contributed by atoms with Crippen molar-refractivity contribution in [2.75, 3.05) is 13.1 Å². The third-order valence-corrected chi connectivity index (χ3v) is 2.94. The highest BCUT2D eigenvalue weighted by Gasteiger charge is 2.27. The molecular formula is C15H23N3O2. The topological polar surface area (TPSA) is 84.2 Å². The van der Waals surface area contributed by atoms with Gasteiger partial charge in [0.25, 0.3) is 0 Å². The largest absolute Gasteiger partial charge is 0.347 e. The summed E-state index contributed by atoms with van der Waals surface area (Å²) in [6.07, 6.45) is 0. The molecule has 1 aromatic rings. The van der Waals surface area contributed by atoms with E-state index in [9.17, 15) is 9.59 Å². The highest BCUT2D eigenvalue weighted by molar-refractivity contribution is 5.85. The molecule has 0 aromatic heterocycles. The molecule has 0 aliphatic rings. The highest BCUT2D eigenvalue weighted by atomic mass is 16.2. The van der Waals surface area contributed by atoms with Gasteiger partial charge in [-0.25, -0.2) is 0 Å². The fourth-order valence-electron chi connectivity index (χ4n) is 1.91. The van der Waals surface area contributed by atoms with Crippen molar-refractivity contribution in [3.8, 4) is 0 Å². The summed E-state index contributed by atoms with van der Waals surface area (Å²) in [6.45, 7) is 6.00. The Morgan fingerprint density at radius 3 is 2.25 bits per heavy atom. The second kappa shape index (κ2) is 7.05. The van der Waals surface area contributed by atoms with Crippen LogP contribution >= 0.6 is 0 Å². The predicted octanol–water partition coefficient (Wildman–Crippen LogP) is 0.965. The maximum atomic E-state index is 11.9. The van der Waals surface area contributed by atoms with Gasteiger partial charge in [-0.05, 0) is 11.0 Å².